The molecule has 1 aliphatic rings. The number of nitroso groups, excluding NO2 is 1. The van der Waals surface area contributed by atoms with Gasteiger partial charge >= 0.3 is 10.2 Å². The van der Waals surface area contributed by atoms with Gasteiger partial charge in [-0.05, 0) is 12.8 Å². The van der Waals surface area contributed by atoms with E-state index in [1.807, 2.05) is 4.58 Å². The molecule has 0 amide bonds. The summed E-state index contributed by atoms with van der Waals surface area (Å²) >= 11 is 0. The van der Waals surface area contributed by atoms with E-state index in [0.29, 0.717) is 0 Å². The molecule has 6 heteroatoms. The molecule has 0 aliphatic heterocycles. The lowest BCUT2D eigenvalue weighted by Crippen LogP contribution is -2.34. The molecule has 1 fully saturated rings. The third-order valence-corrected chi connectivity index (χ3v) is 2.85. The molecule has 0 bridgehead atoms. The first-order valence-corrected chi connectivity index (χ1v) is 5.45. The fourth-order valence-corrected chi connectivity index (χ4v) is 2.15. The molecule has 0 aromatic carbocycles. The second-order valence-electron chi connectivity index (χ2n) is 3.00. The van der Waals surface area contributed by atoms with E-state index in [1.165, 1.54) is 0 Å². The first kappa shape index (κ1) is 9.60. The Hall–Kier alpha value is -0.490. The van der Waals surface area contributed by atoms with Gasteiger partial charge in [-0.2, -0.15) is 13.1 Å². The Kier molecular flexibility index (Phi) is 3.16. The molecular formula is C6H12N2O3S. The molecule has 0 aromatic rings. The van der Waals surface area contributed by atoms with Crippen LogP contribution in [-0.2, 0) is 10.2 Å². The molecule has 1 aliphatic carbocycles. The molecule has 0 aromatic heterocycles. The highest BCUT2D eigenvalue weighted by Gasteiger charge is 2.19. The number of hydrogen-bond acceptors (Lipinski definition) is 3. The van der Waals surface area contributed by atoms with Gasteiger partial charge in [0.25, 0.3) is 0 Å². The first-order valence-electron chi connectivity index (χ1n) is 4.01. The molecule has 1 N–H and O–H groups in total. The summed E-state index contributed by atoms with van der Waals surface area (Å²) < 4.78 is 25.6. The zero-order valence-corrected chi connectivity index (χ0v) is 7.51. The van der Waals surface area contributed by atoms with Gasteiger partial charge in [-0.25, -0.2) is 0 Å². The van der Waals surface area contributed by atoms with Crippen LogP contribution in [0.5, 0.6) is 0 Å². The van der Waals surface area contributed by atoms with E-state index in [4.69, 9.17) is 0 Å². The normalized spacial score (nSPS) is 20.7. The predicted octanol–water partition coefficient (Wildman–Crippen LogP) is 0.920. The van der Waals surface area contributed by atoms with Crippen LogP contribution in [0.1, 0.15) is 32.1 Å². The van der Waals surface area contributed by atoms with Gasteiger partial charge < -0.3 is 0 Å². The van der Waals surface area contributed by atoms with Crippen LogP contribution in [0.25, 0.3) is 0 Å². The number of nitrogens with zero attached hydrogens (tertiary/aromatic N) is 1. The molecule has 0 heterocycles. The van der Waals surface area contributed by atoms with Crippen LogP contribution in [0, 0.1) is 4.91 Å². The van der Waals surface area contributed by atoms with Crippen LogP contribution >= 0.6 is 0 Å². The SMILES string of the molecule is O=NS(=O)(=O)NC1CCCCC1. The summed E-state index contributed by atoms with van der Waals surface area (Å²) in [5.41, 5.74) is 0. The van der Waals surface area contributed by atoms with Crippen molar-refractivity contribution in [3.63, 3.8) is 0 Å². The van der Waals surface area contributed by atoms with Crippen LogP contribution in [0.3, 0.4) is 0 Å². The lowest BCUT2D eigenvalue weighted by Gasteiger charge is -2.20. The van der Waals surface area contributed by atoms with E-state index in [-0.39, 0.29) is 6.04 Å². The summed E-state index contributed by atoms with van der Waals surface area (Å²) in [7, 11) is -3.90. The molecule has 0 spiro atoms. The lowest BCUT2D eigenvalue weighted by atomic mass is 9.96. The quantitative estimate of drug-likeness (QED) is 0.675. The monoisotopic (exact) mass is 192 g/mol. The van der Waals surface area contributed by atoms with Gasteiger partial charge in [-0.15, -0.1) is 4.91 Å². The maximum atomic E-state index is 10.7. The van der Waals surface area contributed by atoms with Gasteiger partial charge in [0.15, 0.2) is 0 Å². The van der Waals surface area contributed by atoms with Gasteiger partial charge in [0, 0.05) is 6.04 Å². The molecule has 12 heavy (non-hydrogen) atoms. The fraction of sp³-hybridized carbons (Fsp3) is 1.00. The Morgan fingerprint density at radius 3 is 2.25 bits per heavy atom. The highest BCUT2D eigenvalue weighted by molar-refractivity contribution is 7.88. The highest BCUT2D eigenvalue weighted by Crippen LogP contribution is 2.17. The number of hydrogen-bond donors (Lipinski definition) is 1. The summed E-state index contributed by atoms with van der Waals surface area (Å²) in [4.78, 5) is 9.80. The van der Waals surface area contributed by atoms with Crippen molar-refractivity contribution in [3.05, 3.63) is 4.91 Å². The van der Waals surface area contributed by atoms with Crippen molar-refractivity contribution in [2.24, 2.45) is 4.58 Å². The van der Waals surface area contributed by atoms with E-state index in [1.54, 1.807) is 0 Å². The molecule has 70 valence electrons. The summed E-state index contributed by atoms with van der Waals surface area (Å²) in [5, 5.41) is 0. The third-order valence-electron chi connectivity index (χ3n) is 2.02. The van der Waals surface area contributed by atoms with Crippen molar-refractivity contribution in [2.75, 3.05) is 0 Å². The van der Waals surface area contributed by atoms with Crippen LogP contribution < -0.4 is 4.72 Å². The average molecular weight is 192 g/mol. The van der Waals surface area contributed by atoms with Gasteiger partial charge in [-0.3, -0.25) is 0 Å². The Labute approximate surface area is 71.7 Å². The van der Waals surface area contributed by atoms with Crippen molar-refractivity contribution in [2.45, 2.75) is 38.1 Å². The fourth-order valence-electron chi connectivity index (χ4n) is 1.45. The Morgan fingerprint density at radius 2 is 1.75 bits per heavy atom. The van der Waals surface area contributed by atoms with Gasteiger partial charge in [0.2, 0.25) is 0 Å². The van der Waals surface area contributed by atoms with Crippen LogP contribution in [0.15, 0.2) is 4.58 Å². The largest absolute Gasteiger partial charge is 0.354 e. The minimum absolute atomic E-state index is 0.0820. The number of rotatable bonds is 3. The smallest absolute Gasteiger partial charge is 0.191 e. The van der Waals surface area contributed by atoms with Crippen molar-refractivity contribution < 1.29 is 8.42 Å². The minimum atomic E-state index is -3.90. The third kappa shape index (κ3) is 2.86. The van der Waals surface area contributed by atoms with Gasteiger partial charge in [0.05, 0.1) is 4.58 Å². The Morgan fingerprint density at radius 1 is 1.17 bits per heavy atom. The molecule has 5 nitrogen and oxygen atoms in total. The molecular weight excluding hydrogens is 180 g/mol. The zero-order chi connectivity index (χ0) is 9.03. The lowest BCUT2D eigenvalue weighted by molar-refractivity contribution is 0.412. The van der Waals surface area contributed by atoms with Gasteiger partial charge in [0.1, 0.15) is 0 Å². The van der Waals surface area contributed by atoms with Crippen molar-refractivity contribution in [1.29, 1.82) is 0 Å². The van der Waals surface area contributed by atoms with E-state index < -0.39 is 10.2 Å². The van der Waals surface area contributed by atoms with Crippen LogP contribution in [0.2, 0.25) is 0 Å². The van der Waals surface area contributed by atoms with Crippen molar-refractivity contribution >= 4 is 10.2 Å². The Balaban J connectivity index is 2.44. The van der Waals surface area contributed by atoms with E-state index in [9.17, 15) is 13.3 Å². The summed E-state index contributed by atoms with van der Waals surface area (Å²) in [6.45, 7) is 0. The maximum absolute atomic E-state index is 10.7. The molecule has 1 rings (SSSR count). The maximum Gasteiger partial charge on any atom is 0.354 e. The zero-order valence-electron chi connectivity index (χ0n) is 6.69. The molecule has 0 saturated heterocycles. The average Bonchev–Trinajstić information content (AvgIpc) is 2.06. The second kappa shape index (κ2) is 3.95. The summed E-state index contributed by atoms with van der Waals surface area (Å²) in [6.07, 6.45) is 4.81. The first-order chi connectivity index (χ1) is 5.64. The Bertz CT molecular complexity index is 244. The summed E-state index contributed by atoms with van der Waals surface area (Å²) in [6, 6.07) is -0.0820. The topological polar surface area (TPSA) is 75.6 Å². The number of nitrogens with one attached hydrogen (secondary N) is 1. The predicted molar refractivity (Wildman–Crippen MR) is 44.7 cm³/mol. The van der Waals surface area contributed by atoms with Crippen molar-refractivity contribution in [1.82, 2.24) is 4.72 Å². The van der Waals surface area contributed by atoms with E-state index in [0.717, 1.165) is 32.1 Å². The molecule has 1 saturated carbocycles. The van der Waals surface area contributed by atoms with E-state index in [2.05, 4.69) is 4.72 Å². The van der Waals surface area contributed by atoms with Crippen LogP contribution in [-0.4, -0.2) is 14.5 Å². The molecule has 0 radical (unpaired) electrons. The standard InChI is InChI=1S/C6H12N2O3S/c9-8-12(10,11)7-6-4-2-1-3-5-6/h6-7H,1-5H2. The van der Waals surface area contributed by atoms with Gasteiger partial charge in [-0.1, -0.05) is 19.3 Å². The minimum Gasteiger partial charge on any atom is -0.191 e. The summed E-state index contributed by atoms with van der Waals surface area (Å²) in [5.74, 6) is 0. The molecule has 0 unspecified atom stereocenters. The van der Waals surface area contributed by atoms with Crippen molar-refractivity contribution in [3.8, 4) is 0 Å². The van der Waals surface area contributed by atoms with Crippen LogP contribution in [0.4, 0.5) is 0 Å². The highest BCUT2D eigenvalue weighted by atomic mass is 32.2. The molecule has 0 atom stereocenters. The second-order valence-corrected chi connectivity index (χ2v) is 4.34. The van der Waals surface area contributed by atoms with E-state index >= 15 is 0 Å².